The molecular weight excluding hydrogens is 521 g/mol. The van der Waals surface area contributed by atoms with E-state index in [-0.39, 0.29) is 0 Å². The van der Waals surface area contributed by atoms with Gasteiger partial charge in [-0.3, -0.25) is 0 Å². The predicted molar refractivity (Wildman–Crippen MR) is 145 cm³/mol. The van der Waals surface area contributed by atoms with Crippen LogP contribution in [0.3, 0.4) is 0 Å². The minimum absolute atomic E-state index is 0.305. The normalized spacial score (nSPS) is 13.9. The second-order valence-corrected chi connectivity index (χ2v) is 9.28. The zero-order valence-corrected chi connectivity index (χ0v) is 21.3. The van der Waals surface area contributed by atoms with E-state index in [1.807, 2.05) is 64.1 Å². The van der Waals surface area contributed by atoms with Crippen molar-refractivity contribution in [3.63, 3.8) is 0 Å². The van der Waals surface area contributed by atoms with Gasteiger partial charge in [0.1, 0.15) is 11.5 Å². The number of fused-ring (bicyclic) bond motifs is 1. The minimum Gasteiger partial charge on any atom is -0.457 e. The Morgan fingerprint density at radius 3 is 2.25 bits per heavy atom. The van der Waals surface area contributed by atoms with Gasteiger partial charge in [-0.15, -0.1) is 0 Å². The van der Waals surface area contributed by atoms with Gasteiger partial charge in [-0.1, -0.05) is 30.3 Å². The molecule has 0 bridgehead atoms. The van der Waals surface area contributed by atoms with Crippen molar-refractivity contribution in [2.75, 3.05) is 36.5 Å². The summed E-state index contributed by atoms with van der Waals surface area (Å²) in [5.74, 6) is 2.49. The fraction of sp³-hybridized carbons (Fsp3) is 0.207. The van der Waals surface area contributed by atoms with Crippen molar-refractivity contribution in [1.29, 1.82) is 0 Å². The van der Waals surface area contributed by atoms with Crippen LogP contribution in [0.15, 0.2) is 85.2 Å². The SMILES string of the molecule is FC(F)(F)c1ccc(Cn2cnc3c(Nc4ccc(Oc5ccccc5)cc4)nc(N4CCOCC4)nc32)cc1. The lowest BCUT2D eigenvalue weighted by Crippen LogP contribution is -2.37. The zero-order chi connectivity index (χ0) is 27.5. The Hall–Kier alpha value is -4.64. The van der Waals surface area contributed by atoms with E-state index in [9.17, 15) is 13.2 Å². The number of nitrogens with one attached hydrogen (secondary N) is 1. The first-order valence-corrected chi connectivity index (χ1v) is 12.7. The molecule has 0 radical (unpaired) electrons. The maximum Gasteiger partial charge on any atom is 0.416 e. The lowest BCUT2D eigenvalue weighted by Gasteiger charge is -2.27. The van der Waals surface area contributed by atoms with Crippen LogP contribution < -0.4 is 15.0 Å². The highest BCUT2D eigenvalue weighted by molar-refractivity contribution is 5.86. The number of hydrogen-bond donors (Lipinski definition) is 1. The average Bonchev–Trinajstić information content (AvgIpc) is 3.38. The largest absolute Gasteiger partial charge is 0.457 e. The number of para-hydroxylation sites is 1. The molecule has 1 aliphatic heterocycles. The molecule has 0 unspecified atom stereocenters. The minimum atomic E-state index is -4.38. The molecule has 3 heterocycles. The quantitative estimate of drug-likeness (QED) is 0.258. The standard InChI is InChI=1S/C29H25F3N6O2/c30-29(31,32)21-8-6-20(7-9-21)18-38-19-33-25-26(35-28(36-27(25)38)37-14-16-39-17-15-37)34-22-10-12-24(13-11-22)40-23-4-2-1-3-5-23/h1-13,19H,14-18H2,(H,34,35,36). The van der Waals surface area contributed by atoms with Crippen LogP contribution in [0.1, 0.15) is 11.1 Å². The van der Waals surface area contributed by atoms with Gasteiger partial charge in [-0.2, -0.15) is 23.1 Å². The smallest absolute Gasteiger partial charge is 0.416 e. The van der Waals surface area contributed by atoms with Gasteiger partial charge in [0.2, 0.25) is 5.95 Å². The van der Waals surface area contributed by atoms with Gasteiger partial charge in [0.15, 0.2) is 17.0 Å². The summed E-state index contributed by atoms with van der Waals surface area (Å²) in [5.41, 5.74) is 1.92. The first-order chi connectivity index (χ1) is 19.4. The molecule has 2 aromatic heterocycles. The van der Waals surface area contributed by atoms with Crippen molar-refractivity contribution in [2.45, 2.75) is 12.7 Å². The van der Waals surface area contributed by atoms with Crippen molar-refractivity contribution in [3.8, 4) is 11.5 Å². The van der Waals surface area contributed by atoms with Crippen LogP contribution in [0.4, 0.5) is 30.6 Å². The van der Waals surface area contributed by atoms with E-state index in [1.165, 1.54) is 12.1 Å². The molecule has 0 amide bonds. The van der Waals surface area contributed by atoms with Crippen LogP contribution >= 0.6 is 0 Å². The molecule has 0 atom stereocenters. The number of anilines is 3. The zero-order valence-electron chi connectivity index (χ0n) is 21.3. The molecule has 0 saturated carbocycles. The van der Waals surface area contributed by atoms with Crippen molar-refractivity contribution >= 4 is 28.6 Å². The Bertz CT molecular complexity index is 1580. The van der Waals surface area contributed by atoms with Crippen molar-refractivity contribution < 1.29 is 22.6 Å². The van der Waals surface area contributed by atoms with Crippen LogP contribution in [-0.2, 0) is 17.5 Å². The Morgan fingerprint density at radius 1 is 0.850 bits per heavy atom. The van der Waals surface area contributed by atoms with Gasteiger partial charge in [-0.25, -0.2) is 4.98 Å². The van der Waals surface area contributed by atoms with Crippen LogP contribution in [0.25, 0.3) is 11.2 Å². The Labute approximate surface area is 228 Å². The average molecular weight is 547 g/mol. The predicted octanol–water partition coefficient (Wildman–Crippen LogP) is 6.27. The van der Waals surface area contributed by atoms with E-state index in [1.54, 1.807) is 6.33 Å². The number of nitrogens with zero attached hydrogens (tertiary/aromatic N) is 5. The molecule has 1 N–H and O–H groups in total. The van der Waals surface area contributed by atoms with Crippen LogP contribution in [-0.4, -0.2) is 45.8 Å². The van der Waals surface area contributed by atoms with Gasteiger partial charge in [0.25, 0.3) is 0 Å². The van der Waals surface area contributed by atoms with E-state index in [0.29, 0.717) is 67.1 Å². The summed E-state index contributed by atoms with van der Waals surface area (Å²) in [5, 5.41) is 3.35. The molecule has 6 rings (SSSR count). The van der Waals surface area contributed by atoms with E-state index in [2.05, 4.69) is 10.3 Å². The number of imidazole rings is 1. The molecule has 11 heteroatoms. The highest BCUT2D eigenvalue weighted by Crippen LogP contribution is 2.31. The van der Waals surface area contributed by atoms with E-state index < -0.39 is 11.7 Å². The van der Waals surface area contributed by atoms with Gasteiger partial charge < -0.3 is 24.3 Å². The number of alkyl halides is 3. The van der Waals surface area contributed by atoms with Gasteiger partial charge in [0, 0.05) is 18.8 Å². The molecule has 0 aliphatic carbocycles. The second kappa shape index (κ2) is 10.9. The third kappa shape index (κ3) is 5.69. The van der Waals surface area contributed by atoms with Gasteiger partial charge in [-0.05, 0) is 54.1 Å². The van der Waals surface area contributed by atoms with E-state index in [0.717, 1.165) is 23.6 Å². The number of benzene rings is 3. The Kier molecular flexibility index (Phi) is 6.95. The topological polar surface area (TPSA) is 77.3 Å². The molecule has 3 aromatic carbocycles. The first-order valence-electron chi connectivity index (χ1n) is 12.7. The Morgan fingerprint density at radius 2 is 1.55 bits per heavy atom. The highest BCUT2D eigenvalue weighted by Gasteiger charge is 2.30. The summed E-state index contributed by atoms with van der Waals surface area (Å²) in [7, 11) is 0. The maximum absolute atomic E-state index is 13.0. The number of morpholine rings is 1. The highest BCUT2D eigenvalue weighted by atomic mass is 19.4. The molecule has 1 aliphatic rings. The molecule has 40 heavy (non-hydrogen) atoms. The molecule has 1 saturated heterocycles. The summed E-state index contributed by atoms with van der Waals surface area (Å²) in [4.78, 5) is 16.2. The summed E-state index contributed by atoms with van der Waals surface area (Å²) in [6, 6.07) is 22.1. The Balaban J connectivity index is 1.30. The third-order valence-electron chi connectivity index (χ3n) is 6.48. The lowest BCUT2D eigenvalue weighted by atomic mass is 10.1. The van der Waals surface area contributed by atoms with Crippen molar-refractivity contribution in [2.24, 2.45) is 0 Å². The third-order valence-corrected chi connectivity index (χ3v) is 6.48. The molecule has 0 spiro atoms. The molecular formula is C29H25F3N6O2. The van der Waals surface area contributed by atoms with Crippen molar-refractivity contribution in [3.05, 3.63) is 96.3 Å². The number of ether oxygens (including phenoxy) is 2. The van der Waals surface area contributed by atoms with Gasteiger partial charge >= 0.3 is 6.18 Å². The summed E-state index contributed by atoms with van der Waals surface area (Å²) in [6.45, 7) is 2.72. The summed E-state index contributed by atoms with van der Waals surface area (Å²) < 4.78 is 52.2. The van der Waals surface area contributed by atoms with E-state index >= 15 is 0 Å². The molecule has 204 valence electrons. The number of hydrogen-bond acceptors (Lipinski definition) is 7. The van der Waals surface area contributed by atoms with Gasteiger partial charge in [0.05, 0.1) is 31.6 Å². The summed E-state index contributed by atoms with van der Waals surface area (Å²) in [6.07, 6.45) is -2.75. The number of aromatic nitrogens is 4. The summed E-state index contributed by atoms with van der Waals surface area (Å²) >= 11 is 0. The van der Waals surface area contributed by atoms with Crippen LogP contribution in [0.2, 0.25) is 0 Å². The molecule has 8 nitrogen and oxygen atoms in total. The van der Waals surface area contributed by atoms with E-state index in [4.69, 9.17) is 19.4 Å². The maximum atomic E-state index is 13.0. The van der Waals surface area contributed by atoms with Crippen molar-refractivity contribution in [1.82, 2.24) is 19.5 Å². The molecule has 5 aromatic rings. The fourth-order valence-corrected chi connectivity index (χ4v) is 4.40. The second-order valence-electron chi connectivity index (χ2n) is 9.28. The lowest BCUT2D eigenvalue weighted by molar-refractivity contribution is -0.137. The monoisotopic (exact) mass is 546 g/mol. The molecule has 1 fully saturated rings. The first kappa shape index (κ1) is 25.6. The fourth-order valence-electron chi connectivity index (χ4n) is 4.40. The number of rotatable bonds is 7. The van der Waals surface area contributed by atoms with Crippen LogP contribution in [0.5, 0.6) is 11.5 Å². The number of halogens is 3. The van der Waals surface area contributed by atoms with Crippen LogP contribution in [0, 0.1) is 0 Å².